The Morgan fingerprint density at radius 2 is 2.26 bits per heavy atom. The van der Waals surface area contributed by atoms with E-state index in [0.29, 0.717) is 12.0 Å². The third kappa shape index (κ3) is 3.67. The van der Waals surface area contributed by atoms with E-state index in [9.17, 15) is 0 Å². The molecule has 1 aliphatic rings. The normalized spacial score (nSPS) is 18.4. The van der Waals surface area contributed by atoms with Crippen LogP contribution in [-0.2, 0) is 0 Å². The summed E-state index contributed by atoms with van der Waals surface area (Å²) < 4.78 is 5.61. The molecule has 2 heterocycles. The first-order chi connectivity index (χ1) is 11.2. The molecule has 0 amide bonds. The Hall–Kier alpha value is -2.01. The number of benzene rings is 1. The topological polar surface area (TPSA) is 53.2 Å². The molecular formula is C18H26N4O. The monoisotopic (exact) mass is 314 g/mol. The Kier molecular flexibility index (Phi) is 4.86. The molecule has 3 rings (SSSR count). The molecule has 2 aromatic rings. The Labute approximate surface area is 138 Å². The van der Waals surface area contributed by atoms with Crippen molar-refractivity contribution in [3.8, 4) is 16.9 Å². The van der Waals surface area contributed by atoms with Gasteiger partial charge in [0.25, 0.3) is 0 Å². The molecule has 1 unspecified atom stereocenters. The molecule has 0 spiro atoms. The van der Waals surface area contributed by atoms with Crippen molar-refractivity contribution in [2.24, 2.45) is 5.92 Å². The van der Waals surface area contributed by atoms with Crippen LogP contribution in [0.2, 0.25) is 0 Å². The summed E-state index contributed by atoms with van der Waals surface area (Å²) in [4.78, 5) is 2.45. The van der Waals surface area contributed by atoms with Crippen molar-refractivity contribution in [3.63, 3.8) is 0 Å². The molecule has 1 aliphatic heterocycles. The zero-order chi connectivity index (χ0) is 16.2. The molecule has 5 nitrogen and oxygen atoms in total. The van der Waals surface area contributed by atoms with Crippen LogP contribution >= 0.6 is 0 Å². The van der Waals surface area contributed by atoms with E-state index in [2.05, 4.69) is 52.5 Å². The molecule has 1 atom stereocenters. The van der Waals surface area contributed by atoms with Crippen LogP contribution in [0.25, 0.3) is 11.1 Å². The van der Waals surface area contributed by atoms with Gasteiger partial charge in [-0.2, -0.15) is 5.10 Å². The highest BCUT2D eigenvalue weighted by Gasteiger charge is 2.21. The molecule has 0 aliphatic carbocycles. The van der Waals surface area contributed by atoms with Gasteiger partial charge in [0.1, 0.15) is 5.75 Å². The second kappa shape index (κ2) is 7.04. The first kappa shape index (κ1) is 15.9. The van der Waals surface area contributed by atoms with Crippen molar-refractivity contribution in [1.29, 1.82) is 0 Å². The molecule has 124 valence electrons. The molecule has 23 heavy (non-hydrogen) atoms. The minimum Gasteiger partial charge on any atom is -0.496 e. The Morgan fingerprint density at radius 3 is 2.96 bits per heavy atom. The summed E-state index contributed by atoms with van der Waals surface area (Å²) in [6, 6.07) is 7.00. The highest BCUT2D eigenvalue weighted by Crippen LogP contribution is 2.33. The highest BCUT2D eigenvalue weighted by atomic mass is 16.5. The van der Waals surface area contributed by atoms with Crippen molar-refractivity contribution in [2.45, 2.75) is 26.3 Å². The molecule has 1 aromatic heterocycles. The number of anilines is 1. The van der Waals surface area contributed by atoms with E-state index >= 15 is 0 Å². The molecule has 0 bridgehead atoms. The van der Waals surface area contributed by atoms with Gasteiger partial charge >= 0.3 is 0 Å². The van der Waals surface area contributed by atoms with Crippen LogP contribution in [0.15, 0.2) is 30.6 Å². The lowest BCUT2D eigenvalue weighted by Gasteiger charge is -2.36. The number of hydrogen-bond acceptors (Lipinski definition) is 4. The van der Waals surface area contributed by atoms with Crippen molar-refractivity contribution in [3.05, 3.63) is 30.6 Å². The summed E-state index contributed by atoms with van der Waals surface area (Å²) in [5, 5.41) is 10.5. The fourth-order valence-electron chi connectivity index (χ4n) is 3.30. The van der Waals surface area contributed by atoms with Gasteiger partial charge in [0, 0.05) is 54.8 Å². The van der Waals surface area contributed by atoms with Crippen LogP contribution in [0.4, 0.5) is 5.69 Å². The number of H-pyrrole nitrogens is 1. The second-order valence-corrected chi connectivity index (χ2v) is 6.60. The van der Waals surface area contributed by atoms with Gasteiger partial charge in [-0.3, -0.25) is 5.10 Å². The predicted octanol–water partition coefficient (Wildman–Crippen LogP) is 2.91. The number of nitrogens with zero attached hydrogens (tertiary/aromatic N) is 2. The predicted molar refractivity (Wildman–Crippen MR) is 94.0 cm³/mol. The van der Waals surface area contributed by atoms with Gasteiger partial charge in [-0.25, -0.2) is 0 Å². The summed E-state index contributed by atoms with van der Waals surface area (Å²) in [6.45, 7) is 7.67. The van der Waals surface area contributed by atoms with E-state index in [0.717, 1.165) is 36.5 Å². The molecule has 0 radical (unpaired) electrons. The van der Waals surface area contributed by atoms with Crippen molar-refractivity contribution >= 4 is 5.69 Å². The average Bonchev–Trinajstić information content (AvgIpc) is 3.08. The van der Waals surface area contributed by atoms with Gasteiger partial charge in [-0.15, -0.1) is 0 Å². The van der Waals surface area contributed by atoms with Crippen LogP contribution in [0.5, 0.6) is 5.75 Å². The second-order valence-electron chi connectivity index (χ2n) is 6.60. The van der Waals surface area contributed by atoms with Crippen LogP contribution in [0.3, 0.4) is 0 Å². The smallest absolute Gasteiger partial charge is 0.128 e. The number of hydrogen-bond donors (Lipinski definition) is 2. The lowest BCUT2D eigenvalue weighted by atomic mass is 10.0. The zero-order valence-electron chi connectivity index (χ0n) is 14.2. The van der Waals surface area contributed by atoms with Crippen LogP contribution in [0, 0.1) is 5.92 Å². The molecule has 1 aromatic carbocycles. The summed E-state index contributed by atoms with van der Waals surface area (Å²) >= 11 is 0. The largest absolute Gasteiger partial charge is 0.496 e. The van der Waals surface area contributed by atoms with Gasteiger partial charge in [0.2, 0.25) is 0 Å². The van der Waals surface area contributed by atoms with Crippen LogP contribution < -0.4 is 15.0 Å². The van der Waals surface area contributed by atoms with Gasteiger partial charge in [0.15, 0.2) is 0 Å². The standard InChI is InChI=1S/C18H26N4O/c1-13(2)8-15-12-22(7-6-19-15)16-4-5-17(18(9-16)23-3)14-10-20-21-11-14/h4-5,9-11,13,15,19H,6-8,12H2,1-3H3,(H,20,21). The maximum absolute atomic E-state index is 5.61. The highest BCUT2D eigenvalue weighted by molar-refractivity contribution is 5.72. The first-order valence-electron chi connectivity index (χ1n) is 8.33. The molecular weight excluding hydrogens is 288 g/mol. The summed E-state index contributed by atoms with van der Waals surface area (Å²) in [6.07, 6.45) is 4.92. The number of ether oxygens (including phenoxy) is 1. The van der Waals surface area contributed by atoms with Crippen LogP contribution in [-0.4, -0.2) is 43.0 Å². The summed E-state index contributed by atoms with van der Waals surface area (Å²) in [7, 11) is 1.72. The Balaban J connectivity index is 1.80. The molecule has 0 saturated carbocycles. The molecule has 1 saturated heterocycles. The fraction of sp³-hybridized carbons (Fsp3) is 0.500. The molecule has 5 heteroatoms. The van der Waals surface area contributed by atoms with Crippen LogP contribution in [0.1, 0.15) is 20.3 Å². The van der Waals surface area contributed by atoms with Gasteiger partial charge in [0.05, 0.1) is 13.3 Å². The van der Waals surface area contributed by atoms with E-state index in [1.54, 1.807) is 7.11 Å². The van der Waals surface area contributed by atoms with E-state index in [4.69, 9.17) is 4.74 Å². The number of aromatic nitrogens is 2. The number of piperazine rings is 1. The third-order valence-corrected chi connectivity index (χ3v) is 4.37. The van der Waals surface area contributed by atoms with E-state index < -0.39 is 0 Å². The van der Waals surface area contributed by atoms with Crippen molar-refractivity contribution in [2.75, 3.05) is 31.6 Å². The summed E-state index contributed by atoms with van der Waals surface area (Å²) in [5.74, 6) is 1.60. The number of methoxy groups -OCH3 is 1. The number of nitrogens with one attached hydrogen (secondary N) is 2. The lowest BCUT2D eigenvalue weighted by Crippen LogP contribution is -2.51. The maximum atomic E-state index is 5.61. The van der Waals surface area contributed by atoms with E-state index in [1.807, 2.05) is 12.4 Å². The maximum Gasteiger partial charge on any atom is 0.128 e. The number of aromatic amines is 1. The van der Waals surface area contributed by atoms with Crippen molar-refractivity contribution < 1.29 is 4.74 Å². The van der Waals surface area contributed by atoms with Gasteiger partial charge in [-0.1, -0.05) is 13.8 Å². The van der Waals surface area contributed by atoms with E-state index in [1.165, 1.54) is 12.1 Å². The van der Waals surface area contributed by atoms with Gasteiger partial charge < -0.3 is 15.0 Å². The number of rotatable bonds is 5. The first-order valence-corrected chi connectivity index (χ1v) is 8.33. The van der Waals surface area contributed by atoms with E-state index in [-0.39, 0.29) is 0 Å². The Morgan fingerprint density at radius 1 is 1.39 bits per heavy atom. The summed E-state index contributed by atoms with van der Waals surface area (Å²) in [5.41, 5.74) is 3.34. The average molecular weight is 314 g/mol. The Bertz CT molecular complexity index is 624. The quantitative estimate of drug-likeness (QED) is 0.891. The lowest BCUT2D eigenvalue weighted by molar-refractivity contribution is 0.387. The minimum absolute atomic E-state index is 0.559. The van der Waals surface area contributed by atoms with Crippen molar-refractivity contribution in [1.82, 2.24) is 15.5 Å². The zero-order valence-corrected chi connectivity index (χ0v) is 14.2. The van der Waals surface area contributed by atoms with Gasteiger partial charge in [-0.05, 0) is 24.5 Å². The molecule has 2 N–H and O–H groups in total. The third-order valence-electron chi connectivity index (χ3n) is 4.37. The fourth-order valence-corrected chi connectivity index (χ4v) is 3.30. The molecule has 1 fully saturated rings. The minimum atomic E-state index is 0.559. The SMILES string of the molecule is COc1cc(N2CCNC(CC(C)C)C2)ccc1-c1cn[nH]c1.